The average molecular weight is 363 g/mol. The number of hydrogen-bond acceptors (Lipinski definition) is 5. The molecule has 1 saturated carbocycles. The first-order valence-electron chi connectivity index (χ1n) is 8.50. The Labute approximate surface area is 148 Å². The molecule has 1 aliphatic carbocycles. The number of aryl methyl sites for hydroxylation is 1. The minimum atomic E-state index is -2.74. The van der Waals surface area contributed by atoms with Crippen molar-refractivity contribution in [2.24, 2.45) is 11.8 Å². The van der Waals surface area contributed by atoms with Gasteiger partial charge in [0.2, 0.25) is 16.2 Å². The standard InChI is InChI=1S/C18H21NO5S/c1-11-7-8-14(13(9-11)10-20)19-17(21)15(12-5-3-2-4-6-12)16(18(19)22)25(23)24/h7-9,12,15,20H,2-6,10H2,1H3. The van der Waals surface area contributed by atoms with Gasteiger partial charge in [-0.2, -0.15) is 8.42 Å². The molecule has 2 amide bonds. The van der Waals surface area contributed by atoms with E-state index in [4.69, 9.17) is 0 Å². The van der Waals surface area contributed by atoms with Gasteiger partial charge in [-0.05, 0) is 31.7 Å². The number of amides is 2. The Morgan fingerprint density at radius 2 is 1.84 bits per heavy atom. The maximum atomic E-state index is 13.0. The highest BCUT2D eigenvalue weighted by Crippen LogP contribution is 2.37. The molecule has 1 saturated heterocycles. The maximum absolute atomic E-state index is 13.0. The van der Waals surface area contributed by atoms with Gasteiger partial charge in [-0.1, -0.05) is 37.0 Å². The van der Waals surface area contributed by atoms with Crippen LogP contribution < -0.4 is 4.90 Å². The van der Waals surface area contributed by atoms with E-state index in [1.165, 1.54) is 0 Å². The minimum Gasteiger partial charge on any atom is -0.392 e. The van der Waals surface area contributed by atoms with Crippen molar-refractivity contribution in [2.75, 3.05) is 4.90 Å². The van der Waals surface area contributed by atoms with E-state index in [2.05, 4.69) is 0 Å². The van der Waals surface area contributed by atoms with Gasteiger partial charge in [0.15, 0.2) is 4.86 Å². The second kappa shape index (κ2) is 7.09. The van der Waals surface area contributed by atoms with E-state index >= 15 is 0 Å². The highest BCUT2D eigenvalue weighted by Gasteiger charge is 2.50. The van der Waals surface area contributed by atoms with Gasteiger partial charge >= 0.3 is 0 Å². The lowest BCUT2D eigenvalue weighted by Gasteiger charge is -2.25. The Morgan fingerprint density at radius 1 is 1.16 bits per heavy atom. The van der Waals surface area contributed by atoms with Crippen molar-refractivity contribution in [1.29, 1.82) is 0 Å². The van der Waals surface area contributed by atoms with Gasteiger partial charge in [0, 0.05) is 5.56 Å². The highest BCUT2D eigenvalue weighted by atomic mass is 32.2. The van der Waals surface area contributed by atoms with Crippen LogP contribution in [-0.2, 0) is 26.5 Å². The number of hydrogen-bond donors (Lipinski definition) is 1. The van der Waals surface area contributed by atoms with Crippen molar-refractivity contribution in [3.63, 3.8) is 0 Å². The van der Waals surface area contributed by atoms with Crippen LogP contribution in [0.2, 0.25) is 0 Å². The molecule has 3 rings (SSSR count). The zero-order valence-electron chi connectivity index (χ0n) is 14.1. The van der Waals surface area contributed by atoms with Gasteiger partial charge in [-0.15, -0.1) is 0 Å². The molecule has 1 atom stereocenters. The second-order valence-corrected chi connectivity index (χ2v) is 7.65. The van der Waals surface area contributed by atoms with Crippen LogP contribution in [0.4, 0.5) is 5.69 Å². The first-order valence-corrected chi connectivity index (χ1v) is 9.58. The molecule has 1 aromatic rings. The van der Waals surface area contributed by atoms with Crippen molar-refractivity contribution in [3.8, 4) is 0 Å². The quantitative estimate of drug-likeness (QED) is 0.651. The monoisotopic (exact) mass is 363 g/mol. The molecule has 0 aromatic heterocycles. The summed E-state index contributed by atoms with van der Waals surface area (Å²) in [5.41, 5.74) is 1.58. The smallest absolute Gasteiger partial charge is 0.277 e. The normalized spacial score (nSPS) is 21.9. The third-order valence-corrected chi connectivity index (χ3v) is 5.92. The molecule has 7 heteroatoms. The van der Waals surface area contributed by atoms with Crippen LogP contribution in [0.15, 0.2) is 18.2 Å². The van der Waals surface area contributed by atoms with Gasteiger partial charge in [0.25, 0.3) is 5.91 Å². The fourth-order valence-electron chi connectivity index (χ4n) is 3.94. The van der Waals surface area contributed by atoms with E-state index in [1.54, 1.807) is 18.2 Å². The summed E-state index contributed by atoms with van der Waals surface area (Å²) in [6.07, 6.45) is 4.44. The Bertz CT molecular complexity index is 844. The van der Waals surface area contributed by atoms with Crippen LogP contribution >= 0.6 is 0 Å². The summed E-state index contributed by atoms with van der Waals surface area (Å²) in [4.78, 5) is 26.4. The number of carbonyl (C=O) groups is 2. The molecule has 1 heterocycles. The molecule has 0 spiro atoms. The summed E-state index contributed by atoms with van der Waals surface area (Å²) in [6, 6.07) is 5.01. The number of nitrogens with zero attached hydrogens (tertiary/aromatic N) is 1. The highest BCUT2D eigenvalue weighted by molar-refractivity contribution is 7.75. The molecule has 1 unspecified atom stereocenters. The molecule has 2 fully saturated rings. The first-order chi connectivity index (χ1) is 12.0. The van der Waals surface area contributed by atoms with Crippen molar-refractivity contribution in [1.82, 2.24) is 0 Å². The predicted molar refractivity (Wildman–Crippen MR) is 93.6 cm³/mol. The maximum Gasteiger partial charge on any atom is 0.277 e. The third-order valence-electron chi connectivity index (χ3n) is 5.13. The van der Waals surface area contributed by atoms with Crippen molar-refractivity contribution in [3.05, 3.63) is 29.3 Å². The largest absolute Gasteiger partial charge is 0.392 e. The number of aliphatic hydroxyl groups is 1. The lowest BCUT2D eigenvalue weighted by atomic mass is 9.79. The SMILES string of the molecule is Cc1ccc(N2C(=O)C(=S(=O)=O)C(C3CCCCC3)C2=O)c(CO)c1. The van der Waals surface area contributed by atoms with E-state index in [1.807, 2.05) is 6.92 Å². The molecular formula is C18H21NO5S. The van der Waals surface area contributed by atoms with Crippen molar-refractivity contribution < 1.29 is 23.1 Å². The molecule has 1 N–H and O–H groups in total. The lowest BCUT2D eigenvalue weighted by molar-refractivity contribution is -0.123. The molecule has 1 aliphatic heterocycles. The Morgan fingerprint density at radius 3 is 2.44 bits per heavy atom. The predicted octanol–water partition coefficient (Wildman–Crippen LogP) is 1.61. The van der Waals surface area contributed by atoms with Gasteiger partial charge in [0.05, 0.1) is 18.2 Å². The summed E-state index contributed by atoms with van der Waals surface area (Å²) in [5, 5.41) is 9.59. The van der Waals surface area contributed by atoms with Gasteiger partial charge in [-0.25, -0.2) is 4.90 Å². The number of benzene rings is 1. The van der Waals surface area contributed by atoms with Crippen LogP contribution in [0.1, 0.15) is 43.2 Å². The molecule has 6 nitrogen and oxygen atoms in total. The molecule has 134 valence electrons. The zero-order chi connectivity index (χ0) is 18.1. The Balaban J connectivity index is 2.09. The Kier molecular flexibility index (Phi) is 5.06. The van der Waals surface area contributed by atoms with Crippen molar-refractivity contribution >= 4 is 32.7 Å². The minimum absolute atomic E-state index is 0.119. The van der Waals surface area contributed by atoms with Crippen LogP contribution in [0.3, 0.4) is 0 Å². The fourth-order valence-corrected chi connectivity index (χ4v) is 4.67. The van der Waals surface area contributed by atoms with Crippen LogP contribution in [0.25, 0.3) is 0 Å². The molecule has 1 aromatic carbocycles. The molecular weight excluding hydrogens is 342 g/mol. The van der Waals surface area contributed by atoms with Crippen LogP contribution in [0, 0.1) is 18.8 Å². The number of imide groups is 1. The number of aliphatic hydroxyl groups excluding tert-OH is 1. The number of carbonyl (C=O) groups excluding carboxylic acids is 2. The lowest BCUT2D eigenvalue weighted by Crippen LogP contribution is -2.33. The fraction of sp³-hybridized carbons (Fsp3) is 0.500. The number of anilines is 1. The first kappa shape index (κ1) is 17.8. The number of rotatable bonds is 3. The summed E-state index contributed by atoms with van der Waals surface area (Å²) in [6.45, 7) is 1.50. The summed E-state index contributed by atoms with van der Waals surface area (Å²) in [5.74, 6) is -2.30. The molecule has 25 heavy (non-hydrogen) atoms. The van der Waals surface area contributed by atoms with Crippen molar-refractivity contribution in [2.45, 2.75) is 45.6 Å². The second-order valence-electron chi connectivity index (χ2n) is 6.74. The Hall–Kier alpha value is -1.99. The molecule has 2 aliphatic rings. The zero-order valence-corrected chi connectivity index (χ0v) is 14.9. The summed E-state index contributed by atoms with van der Waals surface area (Å²) in [7, 11) is -2.74. The average Bonchev–Trinajstić information content (AvgIpc) is 2.86. The molecule has 0 radical (unpaired) electrons. The van der Waals surface area contributed by atoms with Crippen LogP contribution in [0.5, 0.6) is 0 Å². The van der Waals surface area contributed by atoms with E-state index < -0.39 is 28.0 Å². The van der Waals surface area contributed by atoms with Gasteiger partial charge in [0.1, 0.15) is 0 Å². The van der Waals surface area contributed by atoms with Crippen LogP contribution in [-0.4, -0.2) is 30.2 Å². The van der Waals surface area contributed by atoms with E-state index in [0.29, 0.717) is 5.56 Å². The van der Waals surface area contributed by atoms with E-state index in [9.17, 15) is 23.1 Å². The van der Waals surface area contributed by atoms with E-state index in [-0.39, 0.29) is 23.1 Å². The van der Waals surface area contributed by atoms with Gasteiger partial charge < -0.3 is 5.11 Å². The molecule has 0 bridgehead atoms. The topological polar surface area (TPSA) is 91.8 Å². The summed E-state index contributed by atoms with van der Waals surface area (Å²) < 4.78 is 23.4. The third kappa shape index (κ3) is 3.14. The summed E-state index contributed by atoms with van der Waals surface area (Å²) >= 11 is 0. The van der Waals surface area contributed by atoms with E-state index in [0.717, 1.165) is 42.6 Å². The van der Waals surface area contributed by atoms with Gasteiger partial charge in [-0.3, -0.25) is 9.59 Å².